The zero-order valence-electron chi connectivity index (χ0n) is 12.0. The fourth-order valence-electron chi connectivity index (χ4n) is 1.85. The van der Waals surface area contributed by atoms with Crippen molar-refractivity contribution in [1.82, 2.24) is 9.71 Å². The molecule has 0 amide bonds. The topological polar surface area (TPSA) is 79.3 Å². The van der Waals surface area contributed by atoms with Gasteiger partial charge in [-0.1, -0.05) is 45.1 Å². The van der Waals surface area contributed by atoms with Crippen molar-refractivity contribution in [2.24, 2.45) is 0 Å². The molecule has 0 atom stereocenters. The molecule has 2 N–H and O–H groups in total. The summed E-state index contributed by atoms with van der Waals surface area (Å²) in [6, 6.07) is 2.97. The Kier molecular flexibility index (Phi) is 7.72. The van der Waals surface area contributed by atoms with Gasteiger partial charge in [0.2, 0.25) is 0 Å². The van der Waals surface area contributed by atoms with E-state index >= 15 is 0 Å². The molecule has 0 aliphatic carbocycles. The van der Waals surface area contributed by atoms with Crippen LogP contribution < -0.4 is 4.72 Å². The van der Waals surface area contributed by atoms with E-state index in [0.717, 1.165) is 19.3 Å². The molecule has 20 heavy (non-hydrogen) atoms. The van der Waals surface area contributed by atoms with Crippen LogP contribution in [0.5, 0.6) is 0 Å². The van der Waals surface area contributed by atoms with Crippen LogP contribution >= 0.6 is 0 Å². The molecule has 0 spiro atoms. The highest BCUT2D eigenvalue weighted by atomic mass is 32.2. The smallest absolute Gasteiger partial charge is 0.258 e. The molecule has 0 aromatic carbocycles. The maximum Gasteiger partial charge on any atom is 0.258 e. The lowest BCUT2D eigenvalue weighted by Crippen LogP contribution is -2.25. The molecule has 0 radical (unpaired) electrons. The quantitative estimate of drug-likeness (QED) is 0.649. The van der Waals surface area contributed by atoms with Gasteiger partial charge in [-0.25, -0.2) is 18.1 Å². The second-order valence-electron chi connectivity index (χ2n) is 4.83. The minimum atomic E-state index is -3.53. The fourth-order valence-corrected chi connectivity index (χ4v) is 2.85. The van der Waals surface area contributed by atoms with E-state index in [-0.39, 0.29) is 11.6 Å². The molecular formula is C14H24N2O3S. The Bertz CT molecular complexity index is 472. The highest BCUT2D eigenvalue weighted by Gasteiger charge is 2.14. The maximum atomic E-state index is 11.9. The van der Waals surface area contributed by atoms with E-state index in [1.807, 2.05) is 0 Å². The molecule has 6 heteroatoms. The summed E-state index contributed by atoms with van der Waals surface area (Å²) in [5, 5.41) is 8.89. The number of nitrogens with zero attached hydrogens (tertiary/aromatic N) is 1. The highest BCUT2D eigenvalue weighted by molar-refractivity contribution is 7.89. The molecule has 1 heterocycles. The van der Waals surface area contributed by atoms with Crippen molar-refractivity contribution in [1.29, 1.82) is 0 Å². The summed E-state index contributed by atoms with van der Waals surface area (Å²) in [5.74, 6) is 0. The SMILES string of the molecule is CCCCCCCCNS(=O)(=O)c1ccc(CO)cn1. The molecule has 1 aromatic rings. The summed E-state index contributed by atoms with van der Waals surface area (Å²) in [6.45, 7) is 2.47. The third kappa shape index (κ3) is 5.98. The van der Waals surface area contributed by atoms with Crippen molar-refractivity contribution in [3.63, 3.8) is 0 Å². The minimum Gasteiger partial charge on any atom is -0.392 e. The van der Waals surface area contributed by atoms with E-state index in [1.165, 1.54) is 31.5 Å². The number of hydrogen-bond donors (Lipinski definition) is 2. The van der Waals surface area contributed by atoms with Gasteiger partial charge in [0.1, 0.15) is 0 Å². The lowest BCUT2D eigenvalue weighted by atomic mass is 10.1. The van der Waals surface area contributed by atoms with Gasteiger partial charge in [0.05, 0.1) is 6.61 Å². The summed E-state index contributed by atoms with van der Waals surface area (Å²) in [5.41, 5.74) is 0.597. The zero-order valence-corrected chi connectivity index (χ0v) is 12.8. The van der Waals surface area contributed by atoms with Crippen molar-refractivity contribution in [2.45, 2.75) is 57.1 Å². The van der Waals surface area contributed by atoms with Crippen LogP contribution in [0.3, 0.4) is 0 Å². The van der Waals surface area contributed by atoms with Crippen LogP contribution in [-0.4, -0.2) is 25.1 Å². The second-order valence-corrected chi connectivity index (χ2v) is 6.54. The van der Waals surface area contributed by atoms with E-state index in [1.54, 1.807) is 6.07 Å². The van der Waals surface area contributed by atoms with Crippen LogP contribution in [0.25, 0.3) is 0 Å². The first-order valence-electron chi connectivity index (χ1n) is 7.15. The summed E-state index contributed by atoms with van der Waals surface area (Å²) in [6.07, 6.45) is 8.08. The number of sulfonamides is 1. The van der Waals surface area contributed by atoms with Gasteiger partial charge in [-0.3, -0.25) is 0 Å². The summed E-state index contributed by atoms with van der Waals surface area (Å²) in [4.78, 5) is 3.85. The van der Waals surface area contributed by atoms with E-state index < -0.39 is 10.0 Å². The summed E-state index contributed by atoms with van der Waals surface area (Å²) >= 11 is 0. The molecule has 0 saturated heterocycles. The van der Waals surface area contributed by atoms with Crippen molar-refractivity contribution < 1.29 is 13.5 Å². The first-order chi connectivity index (χ1) is 9.60. The van der Waals surface area contributed by atoms with Gasteiger partial charge < -0.3 is 5.11 Å². The molecule has 0 bridgehead atoms. The van der Waals surface area contributed by atoms with Crippen molar-refractivity contribution in [3.8, 4) is 0 Å². The molecule has 0 aliphatic rings. The molecule has 114 valence electrons. The van der Waals surface area contributed by atoms with Crippen LogP contribution in [0.4, 0.5) is 0 Å². The Morgan fingerprint density at radius 3 is 2.45 bits per heavy atom. The van der Waals surface area contributed by atoms with Crippen molar-refractivity contribution >= 4 is 10.0 Å². The number of aliphatic hydroxyl groups is 1. The van der Waals surface area contributed by atoms with Gasteiger partial charge in [-0.05, 0) is 18.1 Å². The Morgan fingerprint density at radius 1 is 1.15 bits per heavy atom. The predicted molar refractivity (Wildman–Crippen MR) is 78.7 cm³/mol. The van der Waals surface area contributed by atoms with Gasteiger partial charge in [0.25, 0.3) is 10.0 Å². The van der Waals surface area contributed by atoms with Gasteiger partial charge in [-0.15, -0.1) is 0 Å². The highest BCUT2D eigenvalue weighted by Crippen LogP contribution is 2.08. The van der Waals surface area contributed by atoms with Crippen LogP contribution in [0, 0.1) is 0 Å². The van der Waals surface area contributed by atoms with Crippen LogP contribution in [0.1, 0.15) is 51.0 Å². The number of rotatable bonds is 10. The number of hydrogen-bond acceptors (Lipinski definition) is 4. The predicted octanol–water partition coefficient (Wildman–Crippen LogP) is 2.21. The third-order valence-corrected chi connectivity index (χ3v) is 4.45. The number of unbranched alkanes of at least 4 members (excludes halogenated alkanes) is 5. The third-order valence-electron chi connectivity index (χ3n) is 3.08. The molecule has 0 aliphatic heterocycles. The van der Waals surface area contributed by atoms with Crippen molar-refractivity contribution in [3.05, 3.63) is 23.9 Å². The Morgan fingerprint density at radius 2 is 1.85 bits per heavy atom. The Labute approximate surface area is 121 Å². The molecular weight excluding hydrogens is 276 g/mol. The van der Waals surface area contributed by atoms with E-state index in [9.17, 15) is 8.42 Å². The number of aliphatic hydroxyl groups excluding tert-OH is 1. The minimum absolute atomic E-state index is 0.000632. The first kappa shape index (κ1) is 17.1. The Hall–Kier alpha value is -0.980. The number of pyridine rings is 1. The molecule has 0 unspecified atom stereocenters. The monoisotopic (exact) mass is 300 g/mol. The Balaban J connectivity index is 2.33. The molecule has 1 aromatic heterocycles. The van der Waals surface area contributed by atoms with E-state index in [2.05, 4.69) is 16.6 Å². The zero-order chi connectivity index (χ0) is 14.8. The van der Waals surface area contributed by atoms with Crippen molar-refractivity contribution in [2.75, 3.05) is 6.54 Å². The largest absolute Gasteiger partial charge is 0.392 e. The first-order valence-corrected chi connectivity index (χ1v) is 8.64. The molecule has 5 nitrogen and oxygen atoms in total. The number of aromatic nitrogens is 1. The molecule has 0 fully saturated rings. The molecule has 1 rings (SSSR count). The van der Waals surface area contributed by atoms with Crippen LogP contribution in [0.2, 0.25) is 0 Å². The fraction of sp³-hybridized carbons (Fsp3) is 0.643. The average molecular weight is 300 g/mol. The van der Waals surface area contributed by atoms with Gasteiger partial charge >= 0.3 is 0 Å². The van der Waals surface area contributed by atoms with Gasteiger partial charge in [-0.2, -0.15) is 0 Å². The standard InChI is InChI=1S/C14H24N2O3S/c1-2-3-4-5-6-7-10-16-20(18,19)14-9-8-13(12-17)11-15-14/h8-9,11,16-17H,2-7,10,12H2,1H3. The van der Waals surface area contributed by atoms with E-state index in [4.69, 9.17) is 5.11 Å². The van der Waals surface area contributed by atoms with Crippen LogP contribution in [-0.2, 0) is 16.6 Å². The molecule has 0 saturated carbocycles. The normalized spacial score (nSPS) is 11.7. The lowest BCUT2D eigenvalue weighted by molar-refractivity contribution is 0.281. The maximum absolute atomic E-state index is 11.9. The average Bonchev–Trinajstić information content (AvgIpc) is 2.46. The second kappa shape index (κ2) is 9.05. The van der Waals surface area contributed by atoms with E-state index in [0.29, 0.717) is 12.1 Å². The number of nitrogens with one attached hydrogen (secondary N) is 1. The summed E-state index contributed by atoms with van der Waals surface area (Å²) in [7, 11) is -3.53. The van der Waals surface area contributed by atoms with Gasteiger partial charge in [0.15, 0.2) is 5.03 Å². The van der Waals surface area contributed by atoms with Gasteiger partial charge in [0, 0.05) is 12.7 Å². The summed E-state index contributed by atoms with van der Waals surface area (Å²) < 4.78 is 26.4. The van der Waals surface area contributed by atoms with Crippen LogP contribution in [0.15, 0.2) is 23.4 Å². The lowest BCUT2D eigenvalue weighted by Gasteiger charge is -2.06.